The third-order valence-corrected chi connectivity index (χ3v) is 5.46. The van der Waals surface area contributed by atoms with E-state index in [0.29, 0.717) is 17.5 Å². The number of nitrogens with one attached hydrogen (secondary N) is 1. The Kier molecular flexibility index (Phi) is 6.83. The van der Waals surface area contributed by atoms with Crippen molar-refractivity contribution < 1.29 is 4.42 Å². The summed E-state index contributed by atoms with van der Waals surface area (Å²) in [6.45, 7) is 5.37. The van der Waals surface area contributed by atoms with E-state index < -0.39 is 0 Å². The summed E-state index contributed by atoms with van der Waals surface area (Å²) in [5, 5.41) is 3.25. The Morgan fingerprint density at radius 3 is 2.66 bits per heavy atom. The van der Waals surface area contributed by atoms with Crippen LogP contribution in [0.2, 0.25) is 0 Å². The van der Waals surface area contributed by atoms with Gasteiger partial charge in [0.2, 0.25) is 5.89 Å². The number of aromatic nitrogens is 3. The van der Waals surface area contributed by atoms with Crippen molar-refractivity contribution in [2.75, 3.05) is 18.4 Å². The standard InChI is InChI=1S/C25H25N5O.ClH/c1-18-10-11-26-24(14-18)29-23-9-5-8-21(28-23)22-16-27-25(31-22)20-7-4-6-19(15-20)17-30-12-2-3-13-30;/h4-11,14-16H,2-3,12-13,17H2,1H3,(H,26,28,29);1H. The summed E-state index contributed by atoms with van der Waals surface area (Å²) >= 11 is 0. The van der Waals surface area contributed by atoms with Crippen molar-refractivity contribution in [1.82, 2.24) is 19.9 Å². The quantitative estimate of drug-likeness (QED) is 0.398. The smallest absolute Gasteiger partial charge is 0.226 e. The zero-order valence-corrected chi connectivity index (χ0v) is 18.8. The SMILES string of the molecule is Cc1ccnc(Nc2cccc(-c3cnc(-c4cccc(CN5CCCC5)c4)o3)n2)c1.Cl. The van der Waals surface area contributed by atoms with E-state index in [0.717, 1.165) is 29.2 Å². The summed E-state index contributed by atoms with van der Waals surface area (Å²) in [6, 6.07) is 18.2. The second kappa shape index (κ2) is 9.94. The second-order valence-electron chi connectivity index (χ2n) is 7.96. The van der Waals surface area contributed by atoms with E-state index in [1.807, 2.05) is 43.3 Å². The van der Waals surface area contributed by atoms with Crippen molar-refractivity contribution in [3.8, 4) is 22.9 Å². The predicted octanol–water partition coefficient (Wildman–Crippen LogP) is 5.87. The zero-order chi connectivity index (χ0) is 21.0. The molecule has 1 saturated heterocycles. The van der Waals surface area contributed by atoms with E-state index in [4.69, 9.17) is 4.42 Å². The van der Waals surface area contributed by atoms with Gasteiger partial charge in [-0.05, 0) is 80.4 Å². The van der Waals surface area contributed by atoms with Crippen LogP contribution in [0.3, 0.4) is 0 Å². The van der Waals surface area contributed by atoms with Gasteiger partial charge in [-0.25, -0.2) is 15.0 Å². The predicted molar refractivity (Wildman–Crippen MR) is 129 cm³/mol. The fourth-order valence-corrected chi connectivity index (χ4v) is 3.90. The number of halogens is 1. The van der Waals surface area contributed by atoms with Gasteiger partial charge >= 0.3 is 0 Å². The molecule has 0 saturated carbocycles. The Morgan fingerprint density at radius 1 is 0.969 bits per heavy atom. The number of hydrogen-bond acceptors (Lipinski definition) is 6. The molecule has 0 atom stereocenters. The second-order valence-corrected chi connectivity index (χ2v) is 7.96. The van der Waals surface area contributed by atoms with E-state index >= 15 is 0 Å². The summed E-state index contributed by atoms with van der Waals surface area (Å²) in [6.07, 6.45) is 6.11. The van der Waals surface area contributed by atoms with Gasteiger partial charge in [0.05, 0.1) is 6.20 Å². The first-order valence-corrected chi connectivity index (χ1v) is 10.7. The Bertz CT molecular complexity index is 1190. The van der Waals surface area contributed by atoms with Crippen LogP contribution in [0.25, 0.3) is 22.9 Å². The van der Waals surface area contributed by atoms with E-state index in [2.05, 4.69) is 43.4 Å². The molecule has 1 N–H and O–H groups in total. The van der Waals surface area contributed by atoms with Crippen molar-refractivity contribution in [3.63, 3.8) is 0 Å². The number of oxazole rings is 1. The number of benzene rings is 1. The molecule has 164 valence electrons. The van der Waals surface area contributed by atoms with Crippen LogP contribution in [0.5, 0.6) is 0 Å². The minimum Gasteiger partial charge on any atom is -0.434 e. The van der Waals surface area contributed by atoms with Crippen LogP contribution in [-0.2, 0) is 6.54 Å². The Hall–Kier alpha value is -3.22. The number of rotatable bonds is 6. The Balaban J connectivity index is 0.00000245. The topological polar surface area (TPSA) is 67.1 Å². The fourth-order valence-electron chi connectivity index (χ4n) is 3.90. The summed E-state index contributed by atoms with van der Waals surface area (Å²) in [5.41, 5.74) is 4.14. The van der Waals surface area contributed by atoms with Gasteiger partial charge in [0.15, 0.2) is 5.76 Å². The van der Waals surface area contributed by atoms with Crippen molar-refractivity contribution in [3.05, 3.63) is 78.1 Å². The Labute approximate surface area is 194 Å². The minimum atomic E-state index is 0. The molecule has 0 spiro atoms. The molecule has 1 fully saturated rings. The van der Waals surface area contributed by atoms with Crippen LogP contribution in [0.15, 0.2) is 71.4 Å². The van der Waals surface area contributed by atoms with Crippen LogP contribution in [-0.4, -0.2) is 32.9 Å². The molecular formula is C25H26ClN5O. The first-order chi connectivity index (χ1) is 15.2. The lowest BCUT2D eigenvalue weighted by Gasteiger charge is -2.14. The van der Waals surface area contributed by atoms with Gasteiger partial charge in [-0.1, -0.05) is 18.2 Å². The maximum Gasteiger partial charge on any atom is 0.226 e. The fraction of sp³-hybridized carbons (Fsp3) is 0.240. The van der Waals surface area contributed by atoms with Crippen LogP contribution in [0, 0.1) is 6.92 Å². The highest BCUT2D eigenvalue weighted by Gasteiger charge is 2.14. The largest absolute Gasteiger partial charge is 0.434 e. The van der Waals surface area contributed by atoms with Crippen LogP contribution < -0.4 is 5.32 Å². The molecule has 0 unspecified atom stereocenters. The molecular weight excluding hydrogens is 422 g/mol. The average molecular weight is 448 g/mol. The molecule has 6 nitrogen and oxygen atoms in total. The van der Waals surface area contributed by atoms with E-state index in [1.165, 1.54) is 31.5 Å². The van der Waals surface area contributed by atoms with Crippen LogP contribution in [0.1, 0.15) is 24.0 Å². The highest BCUT2D eigenvalue weighted by molar-refractivity contribution is 5.85. The third-order valence-electron chi connectivity index (χ3n) is 5.46. The molecule has 0 amide bonds. The van der Waals surface area contributed by atoms with Gasteiger partial charge in [0.1, 0.15) is 17.3 Å². The van der Waals surface area contributed by atoms with Crippen LogP contribution >= 0.6 is 12.4 Å². The van der Waals surface area contributed by atoms with Crippen molar-refractivity contribution in [2.45, 2.75) is 26.3 Å². The lowest BCUT2D eigenvalue weighted by Crippen LogP contribution is -2.18. The summed E-state index contributed by atoms with van der Waals surface area (Å²) in [4.78, 5) is 16.0. The van der Waals surface area contributed by atoms with Crippen molar-refractivity contribution in [2.24, 2.45) is 0 Å². The number of nitrogens with zero attached hydrogens (tertiary/aromatic N) is 4. The number of likely N-dealkylation sites (tertiary alicyclic amines) is 1. The molecule has 32 heavy (non-hydrogen) atoms. The third kappa shape index (κ3) is 5.15. The average Bonchev–Trinajstić information content (AvgIpc) is 3.47. The maximum atomic E-state index is 6.07. The van der Waals surface area contributed by atoms with Gasteiger partial charge in [-0.15, -0.1) is 12.4 Å². The highest BCUT2D eigenvalue weighted by atomic mass is 35.5. The number of hydrogen-bond donors (Lipinski definition) is 1. The molecule has 0 bridgehead atoms. The molecule has 0 radical (unpaired) electrons. The molecule has 4 heterocycles. The zero-order valence-electron chi connectivity index (χ0n) is 18.0. The normalized spacial score (nSPS) is 13.7. The van der Waals surface area contributed by atoms with E-state index in [1.54, 1.807) is 12.4 Å². The minimum absolute atomic E-state index is 0. The molecule has 5 rings (SSSR count). The summed E-state index contributed by atoms with van der Waals surface area (Å²) < 4.78 is 6.07. The Morgan fingerprint density at radius 2 is 1.81 bits per heavy atom. The van der Waals surface area contributed by atoms with Crippen molar-refractivity contribution in [1.29, 1.82) is 0 Å². The molecule has 1 aliphatic rings. The molecule has 1 aliphatic heterocycles. The highest BCUT2D eigenvalue weighted by Crippen LogP contribution is 2.27. The summed E-state index contributed by atoms with van der Waals surface area (Å²) in [7, 11) is 0. The lowest BCUT2D eigenvalue weighted by molar-refractivity contribution is 0.331. The van der Waals surface area contributed by atoms with Gasteiger partial charge in [0, 0.05) is 18.3 Å². The monoisotopic (exact) mass is 447 g/mol. The van der Waals surface area contributed by atoms with Gasteiger partial charge in [-0.3, -0.25) is 4.90 Å². The summed E-state index contributed by atoms with van der Waals surface area (Å²) in [5.74, 6) is 2.72. The first-order valence-electron chi connectivity index (χ1n) is 10.7. The van der Waals surface area contributed by atoms with Crippen molar-refractivity contribution >= 4 is 24.0 Å². The number of aryl methyl sites for hydroxylation is 1. The van der Waals surface area contributed by atoms with Gasteiger partial charge in [0.25, 0.3) is 0 Å². The van der Waals surface area contributed by atoms with E-state index in [-0.39, 0.29) is 12.4 Å². The van der Waals surface area contributed by atoms with Gasteiger partial charge < -0.3 is 9.73 Å². The maximum absolute atomic E-state index is 6.07. The molecule has 3 aromatic heterocycles. The molecule has 1 aromatic carbocycles. The first kappa shape index (κ1) is 22.0. The number of pyridine rings is 2. The van der Waals surface area contributed by atoms with Gasteiger partial charge in [-0.2, -0.15) is 0 Å². The molecule has 4 aromatic rings. The molecule has 7 heteroatoms. The van der Waals surface area contributed by atoms with E-state index in [9.17, 15) is 0 Å². The lowest BCUT2D eigenvalue weighted by atomic mass is 10.1. The van der Waals surface area contributed by atoms with Crippen LogP contribution in [0.4, 0.5) is 11.6 Å². The molecule has 0 aliphatic carbocycles. The number of anilines is 2.